The molecule has 1 aliphatic rings. The molecule has 0 aromatic heterocycles. The summed E-state index contributed by atoms with van der Waals surface area (Å²) in [5.41, 5.74) is 14.3. The van der Waals surface area contributed by atoms with Crippen LogP contribution in [0.3, 0.4) is 0 Å². The van der Waals surface area contributed by atoms with Crippen molar-refractivity contribution in [1.82, 2.24) is 9.42 Å². The highest BCUT2D eigenvalue weighted by Gasteiger charge is 2.30. The van der Waals surface area contributed by atoms with E-state index in [1.165, 1.54) is 5.12 Å². The average Bonchev–Trinajstić information content (AvgIpc) is 2.31. The van der Waals surface area contributed by atoms with Crippen molar-refractivity contribution in [3.05, 3.63) is 29.3 Å². The number of benzene rings is 1. The van der Waals surface area contributed by atoms with E-state index in [4.69, 9.17) is 17.3 Å². The average molecular weight is 280 g/mol. The van der Waals surface area contributed by atoms with Gasteiger partial charge in [0.2, 0.25) is 0 Å². The van der Waals surface area contributed by atoms with Gasteiger partial charge in [-0.3, -0.25) is 0 Å². The van der Waals surface area contributed by atoms with Gasteiger partial charge in [0, 0.05) is 24.3 Å². The molecule has 0 unspecified atom stereocenters. The molecule has 1 aromatic carbocycles. The van der Waals surface area contributed by atoms with Crippen molar-refractivity contribution in [2.24, 2.45) is 16.7 Å². The molecule has 1 fully saturated rings. The molecule has 7 heteroatoms. The second kappa shape index (κ2) is 5.68. The van der Waals surface area contributed by atoms with Crippen LogP contribution in [0.25, 0.3) is 0 Å². The van der Waals surface area contributed by atoms with E-state index in [1.807, 2.05) is 31.4 Å². The van der Waals surface area contributed by atoms with Gasteiger partial charge in [-0.05, 0) is 24.8 Å². The molecule has 2 rings (SSSR count). The molecular weight excluding hydrogens is 260 g/mol. The molecule has 0 amide bonds. The molecule has 6 N–H and O–H groups in total. The molecule has 1 saturated heterocycles. The summed E-state index contributed by atoms with van der Waals surface area (Å²) in [5, 5.41) is 5.67. The van der Waals surface area contributed by atoms with E-state index in [1.54, 1.807) is 11.9 Å². The van der Waals surface area contributed by atoms with Gasteiger partial charge in [0.05, 0.1) is 6.04 Å². The predicted molar refractivity (Wildman–Crippen MR) is 81.2 cm³/mol. The van der Waals surface area contributed by atoms with Gasteiger partial charge in [0.1, 0.15) is 0 Å². The number of nitrogen functional groups attached to an aromatic ring is 1. The Bertz CT molecular complexity index is 483. The van der Waals surface area contributed by atoms with Crippen molar-refractivity contribution < 1.29 is 0 Å². The zero-order valence-corrected chi connectivity index (χ0v) is 12.0. The minimum absolute atomic E-state index is 0.216. The summed E-state index contributed by atoms with van der Waals surface area (Å²) >= 11 is 1.71. The Kier molecular flexibility index (Phi) is 4.18. The standard InChI is InChI=1S/C12H20N6S/c1-8-3-4-9(5-11(8)13)12(14)16-18(15)10-6-17(7-10)19-2/h3-5,10H,6-7,13,15H2,1-2H3,(H2,14,16). The van der Waals surface area contributed by atoms with E-state index in [2.05, 4.69) is 9.41 Å². The molecule has 104 valence electrons. The highest BCUT2D eigenvalue weighted by Crippen LogP contribution is 2.19. The van der Waals surface area contributed by atoms with Crippen molar-refractivity contribution >= 4 is 23.5 Å². The topological polar surface area (TPSA) is 96.9 Å². The Balaban J connectivity index is 2.04. The lowest BCUT2D eigenvalue weighted by Gasteiger charge is -2.40. The molecule has 0 atom stereocenters. The number of nitrogens with two attached hydrogens (primary N) is 3. The molecule has 0 bridgehead atoms. The molecule has 19 heavy (non-hydrogen) atoms. The van der Waals surface area contributed by atoms with E-state index >= 15 is 0 Å². The molecular formula is C12H20N6S. The van der Waals surface area contributed by atoms with E-state index < -0.39 is 0 Å². The van der Waals surface area contributed by atoms with Crippen LogP contribution in [-0.2, 0) is 0 Å². The van der Waals surface area contributed by atoms with Gasteiger partial charge in [0.25, 0.3) is 0 Å². The number of amidine groups is 1. The Morgan fingerprint density at radius 2 is 2.16 bits per heavy atom. The summed E-state index contributed by atoms with van der Waals surface area (Å²) in [4.78, 5) is 0. The van der Waals surface area contributed by atoms with Crippen molar-refractivity contribution in [3.8, 4) is 0 Å². The summed E-state index contributed by atoms with van der Waals surface area (Å²) in [6.07, 6.45) is 2.05. The van der Waals surface area contributed by atoms with Crippen LogP contribution in [0.1, 0.15) is 11.1 Å². The van der Waals surface area contributed by atoms with Crippen LogP contribution in [0.2, 0.25) is 0 Å². The SMILES string of the molecule is CSN1CC(N(N)/N=C(\N)c2ccc(C)c(N)c2)C1. The number of rotatable bonds is 4. The van der Waals surface area contributed by atoms with Gasteiger partial charge in [0.15, 0.2) is 5.84 Å². The number of hydrogen-bond donors (Lipinski definition) is 3. The Hall–Kier alpha value is -1.44. The fourth-order valence-electron chi connectivity index (χ4n) is 1.80. The summed E-state index contributed by atoms with van der Waals surface area (Å²) in [7, 11) is 0. The summed E-state index contributed by atoms with van der Waals surface area (Å²) in [5.74, 6) is 6.29. The first-order valence-electron chi connectivity index (χ1n) is 6.05. The third-order valence-corrected chi connectivity index (χ3v) is 4.07. The Morgan fingerprint density at radius 3 is 2.74 bits per heavy atom. The smallest absolute Gasteiger partial charge is 0.152 e. The molecule has 0 aliphatic carbocycles. The fraction of sp³-hybridized carbons (Fsp3) is 0.417. The number of aryl methyl sites for hydroxylation is 1. The van der Waals surface area contributed by atoms with Crippen LogP contribution >= 0.6 is 11.9 Å². The fourth-order valence-corrected chi connectivity index (χ4v) is 2.44. The van der Waals surface area contributed by atoms with E-state index in [0.717, 1.165) is 24.2 Å². The molecule has 0 saturated carbocycles. The minimum atomic E-state index is 0.216. The van der Waals surface area contributed by atoms with Gasteiger partial charge in [-0.25, -0.2) is 15.3 Å². The van der Waals surface area contributed by atoms with E-state index in [0.29, 0.717) is 11.5 Å². The lowest BCUT2D eigenvalue weighted by atomic mass is 10.1. The van der Waals surface area contributed by atoms with Gasteiger partial charge in [-0.2, -0.15) is 0 Å². The molecule has 1 aliphatic heterocycles. The third kappa shape index (κ3) is 3.12. The maximum Gasteiger partial charge on any atom is 0.152 e. The van der Waals surface area contributed by atoms with Gasteiger partial charge < -0.3 is 11.5 Å². The van der Waals surface area contributed by atoms with Crippen LogP contribution in [0, 0.1) is 6.92 Å². The molecule has 1 aromatic rings. The molecule has 6 nitrogen and oxygen atoms in total. The Morgan fingerprint density at radius 1 is 1.47 bits per heavy atom. The van der Waals surface area contributed by atoms with Crippen molar-refractivity contribution in [1.29, 1.82) is 0 Å². The van der Waals surface area contributed by atoms with Gasteiger partial charge in [-0.1, -0.05) is 24.1 Å². The Labute approximate surface area is 117 Å². The van der Waals surface area contributed by atoms with E-state index in [9.17, 15) is 0 Å². The van der Waals surface area contributed by atoms with Crippen molar-refractivity contribution in [2.45, 2.75) is 13.0 Å². The van der Waals surface area contributed by atoms with Crippen LogP contribution in [0.4, 0.5) is 5.69 Å². The quantitative estimate of drug-likeness (QED) is 0.184. The first-order valence-corrected chi connectivity index (χ1v) is 7.23. The lowest BCUT2D eigenvalue weighted by molar-refractivity contribution is 0.0991. The lowest BCUT2D eigenvalue weighted by Crippen LogP contribution is -2.57. The van der Waals surface area contributed by atoms with Gasteiger partial charge >= 0.3 is 0 Å². The first kappa shape index (κ1) is 14.0. The van der Waals surface area contributed by atoms with Crippen LogP contribution in [0.5, 0.6) is 0 Å². The zero-order valence-electron chi connectivity index (χ0n) is 11.2. The molecule has 0 spiro atoms. The van der Waals surface area contributed by atoms with Gasteiger partial charge in [-0.15, -0.1) is 5.10 Å². The van der Waals surface area contributed by atoms with Crippen molar-refractivity contribution in [2.75, 3.05) is 25.1 Å². The summed E-state index contributed by atoms with van der Waals surface area (Å²) in [6.45, 7) is 3.74. The molecule has 0 radical (unpaired) electrons. The summed E-state index contributed by atoms with van der Waals surface area (Å²) < 4.78 is 2.21. The predicted octanol–water partition coefficient (Wildman–Crippen LogP) is 0.335. The van der Waals surface area contributed by atoms with Crippen LogP contribution < -0.4 is 17.3 Å². The third-order valence-electron chi connectivity index (χ3n) is 3.26. The number of anilines is 1. The van der Waals surface area contributed by atoms with Crippen molar-refractivity contribution in [3.63, 3.8) is 0 Å². The number of hydrazone groups is 1. The summed E-state index contributed by atoms with van der Waals surface area (Å²) in [6, 6.07) is 5.85. The second-order valence-corrected chi connectivity index (χ2v) is 5.50. The maximum atomic E-state index is 5.95. The van der Waals surface area contributed by atoms with Crippen LogP contribution in [-0.4, -0.2) is 40.6 Å². The zero-order chi connectivity index (χ0) is 14.0. The minimum Gasteiger partial charge on any atom is -0.398 e. The highest BCUT2D eigenvalue weighted by atomic mass is 32.2. The first-order chi connectivity index (χ1) is 9.01. The largest absolute Gasteiger partial charge is 0.398 e. The second-order valence-electron chi connectivity index (χ2n) is 4.62. The monoisotopic (exact) mass is 280 g/mol. The van der Waals surface area contributed by atoms with E-state index in [-0.39, 0.29) is 6.04 Å². The number of nitrogens with zero attached hydrogens (tertiary/aromatic N) is 3. The molecule has 1 heterocycles. The number of hydrazine groups is 1. The van der Waals surface area contributed by atoms with Crippen LogP contribution in [0.15, 0.2) is 23.3 Å². The normalized spacial score (nSPS) is 17.3. The number of hydrogen-bond acceptors (Lipinski definition) is 6. The maximum absolute atomic E-state index is 5.95. The highest BCUT2D eigenvalue weighted by molar-refractivity contribution is 7.96.